The van der Waals surface area contributed by atoms with E-state index in [1.54, 1.807) is 46.1 Å². The van der Waals surface area contributed by atoms with Gasteiger partial charge in [-0.15, -0.1) is 0 Å². The minimum atomic E-state index is -0.564. The van der Waals surface area contributed by atoms with Crippen molar-refractivity contribution >= 4 is 27.8 Å². The minimum absolute atomic E-state index is 0.157. The molecule has 0 radical (unpaired) electrons. The number of allylic oxidation sites excluding steroid dienone is 1. The summed E-state index contributed by atoms with van der Waals surface area (Å²) >= 11 is 3.37. The van der Waals surface area contributed by atoms with Gasteiger partial charge in [0.15, 0.2) is 5.78 Å². The Morgan fingerprint density at radius 3 is 2.47 bits per heavy atom. The predicted molar refractivity (Wildman–Crippen MR) is 78.7 cm³/mol. The number of rotatable bonds is 3. The lowest BCUT2D eigenvalue weighted by atomic mass is 9.86. The SMILES string of the molecule is COc1ccc(/C=C(\C#N)C(=O)C(C)(C)C)cc1Br. The second-order valence-electron chi connectivity index (χ2n) is 5.14. The monoisotopic (exact) mass is 321 g/mol. The van der Waals surface area contributed by atoms with E-state index in [1.165, 1.54) is 0 Å². The van der Waals surface area contributed by atoms with Crippen molar-refractivity contribution in [2.24, 2.45) is 5.41 Å². The van der Waals surface area contributed by atoms with Gasteiger partial charge in [0.05, 0.1) is 17.2 Å². The van der Waals surface area contributed by atoms with E-state index in [0.717, 1.165) is 10.0 Å². The summed E-state index contributed by atoms with van der Waals surface area (Å²) in [6, 6.07) is 7.37. The first-order valence-electron chi connectivity index (χ1n) is 5.79. The Hall–Kier alpha value is -1.60. The maximum atomic E-state index is 12.1. The molecule has 0 aliphatic heterocycles. The van der Waals surface area contributed by atoms with Gasteiger partial charge in [-0.2, -0.15) is 5.26 Å². The Balaban J connectivity index is 3.17. The molecular formula is C15H16BrNO2. The molecule has 19 heavy (non-hydrogen) atoms. The zero-order valence-corrected chi connectivity index (χ0v) is 13.0. The second kappa shape index (κ2) is 6.03. The number of carbonyl (C=O) groups is 1. The van der Waals surface area contributed by atoms with Crippen molar-refractivity contribution in [2.75, 3.05) is 7.11 Å². The van der Waals surface area contributed by atoms with E-state index >= 15 is 0 Å². The lowest BCUT2D eigenvalue weighted by Crippen LogP contribution is -2.21. The van der Waals surface area contributed by atoms with E-state index < -0.39 is 5.41 Å². The molecule has 1 aromatic rings. The molecule has 0 atom stereocenters. The van der Waals surface area contributed by atoms with Crippen LogP contribution in [0.15, 0.2) is 28.2 Å². The highest BCUT2D eigenvalue weighted by Crippen LogP contribution is 2.27. The fourth-order valence-corrected chi connectivity index (χ4v) is 2.05. The van der Waals surface area contributed by atoms with Crippen LogP contribution in [0.25, 0.3) is 6.08 Å². The molecule has 0 spiro atoms. The van der Waals surface area contributed by atoms with Gasteiger partial charge in [-0.1, -0.05) is 26.8 Å². The molecule has 0 aliphatic rings. The maximum Gasteiger partial charge on any atom is 0.178 e. The van der Waals surface area contributed by atoms with Gasteiger partial charge in [-0.05, 0) is 39.7 Å². The summed E-state index contributed by atoms with van der Waals surface area (Å²) in [6.07, 6.45) is 1.60. The number of hydrogen-bond donors (Lipinski definition) is 0. The molecule has 0 aliphatic carbocycles. The van der Waals surface area contributed by atoms with Crippen molar-refractivity contribution in [1.29, 1.82) is 5.26 Å². The topological polar surface area (TPSA) is 50.1 Å². The van der Waals surface area contributed by atoms with E-state index in [9.17, 15) is 4.79 Å². The van der Waals surface area contributed by atoms with Crippen LogP contribution in [0.5, 0.6) is 5.75 Å². The number of methoxy groups -OCH3 is 1. The van der Waals surface area contributed by atoms with Crippen LogP contribution in [0.2, 0.25) is 0 Å². The van der Waals surface area contributed by atoms with Gasteiger partial charge in [-0.3, -0.25) is 4.79 Å². The minimum Gasteiger partial charge on any atom is -0.496 e. The lowest BCUT2D eigenvalue weighted by Gasteiger charge is -2.15. The number of hydrogen-bond acceptors (Lipinski definition) is 3. The van der Waals surface area contributed by atoms with Crippen LogP contribution in [0, 0.1) is 16.7 Å². The van der Waals surface area contributed by atoms with Gasteiger partial charge in [-0.25, -0.2) is 0 Å². The van der Waals surface area contributed by atoms with Crippen LogP contribution in [0.4, 0.5) is 0 Å². The Kier molecular flexibility index (Phi) is 4.90. The summed E-state index contributed by atoms with van der Waals surface area (Å²) in [6.45, 7) is 5.39. The number of ketones is 1. The molecule has 0 unspecified atom stereocenters. The Labute approximate surface area is 122 Å². The van der Waals surface area contributed by atoms with E-state index in [0.29, 0.717) is 5.75 Å². The summed E-state index contributed by atoms with van der Waals surface area (Å²) in [5, 5.41) is 9.12. The number of ether oxygens (including phenoxy) is 1. The molecule has 0 heterocycles. The van der Waals surface area contributed by atoms with Crippen molar-refractivity contribution in [2.45, 2.75) is 20.8 Å². The fraction of sp³-hybridized carbons (Fsp3) is 0.333. The standard InChI is InChI=1S/C15H16BrNO2/c1-15(2,3)14(18)11(9-17)7-10-5-6-13(19-4)12(16)8-10/h5-8H,1-4H3/b11-7+. The molecule has 1 rings (SSSR count). The third kappa shape index (κ3) is 3.93. The first-order chi connectivity index (χ1) is 8.79. The van der Waals surface area contributed by atoms with E-state index in [1.807, 2.05) is 12.1 Å². The van der Waals surface area contributed by atoms with Crippen LogP contribution in [-0.4, -0.2) is 12.9 Å². The molecular weight excluding hydrogens is 306 g/mol. The predicted octanol–water partition coefficient (Wildman–Crippen LogP) is 3.98. The average molecular weight is 322 g/mol. The Bertz CT molecular complexity index is 562. The number of halogens is 1. The zero-order chi connectivity index (χ0) is 14.6. The first-order valence-corrected chi connectivity index (χ1v) is 6.59. The normalized spacial score (nSPS) is 11.9. The van der Waals surface area contributed by atoms with Gasteiger partial charge >= 0.3 is 0 Å². The lowest BCUT2D eigenvalue weighted by molar-refractivity contribution is -0.121. The van der Waals surface area contributed by atoms with E-state index in [4.69, 9.17) is 10.00 Å². The molecule has 0 aromatic heterocycles. The van der Waals surface area contributed by atoms with Gasteiger partial charge in [0.1, 0.15) is 11.8 Å². The van der Waals surface area contributed by atoms with E-state index in [2.05, 4.69) is 15.9 Å². The highest BCUT2D eigenvalue weighted by Gasteiger charge is 2.24. The summed E-state index contributed by atoms with van der Waals surface area (Å²) in [5.74, 6) is 0.541. The van der Waals surface area contributed by atoms with Crippen LogP contribution < -0.4 is 4.74 Å². The summed E-state index contributed by atoms with van der Waals surface area (Å²) < 4.78 is 5.92. The molecule has 0 saturated heterocycles. The molecule has 0 saturated carbocycles. The van der Waals surface area contributed by atoms with Gasteiger partial charge in [0.2, 0.25) is 0 Å². The molecule has 0 N–H and O–H groups in total. The molecule has 1 aromatic carbocycles. The van der Waals surface area contributed by atoms with Crippen LogP contribution in [0.1, 0.15) is 26.3 Å². The summed E-state index contributed by atoms with van der Waals surface area (Å²) in [7, 11) is 1.58. The third-order valence-corrected chi connectivity index (χ3v) is 3.15. The number of carbonyl (C=O) groups excluding carboxylic acids is 1. The van der Waals surface area contributed by atoms with Gasteiger partial charge in [0, 0.05) is 5.41 Å². The highest BCUT2D eigenvalue weighted by atomic mass is 79.9. The number of nitriles is 1. The van der Waals surface area contributed by atoms with Crippen LogP contribution in [0.3, 0.4) is 0 Å². The maximum absolute atomic E-state index is 12.1. The van der Waals surface area contributed by atoms with Gasteiger partial charge in [0.25, 0.3) is 0 Å². The van der Waals surface area contributed by atoms with Crippen molar-refractivity contribution in [1.82, 2.24) is 0 Å². The first kappa shape index (κ1) is 15.5. The number of Topliss-reactive ketones (excluding diaryl/α,β-unsaturated/α-hetero) is 1. The average Bonchev–Trinajstić information content (AvgIpc) is 2.34. The zero-order valence-electron chi connectivity index (χ0n) is 11.5. The number of nitrogens with zero attached hydrogens (tertiary/aromatic N) is 1. The second-order valence-corrected chi connectivity index (χ2v) is 6.00. The highest BCUT2D eigenvalue weighted by molar-refractivity contribution is 9.10. The third-order valence-electron chi connectivity index (χ3n) is 2.53. The quantitative estimate of drug-likeness (QED) is 0.625. The Morgan fingerprint density at radius 2 is 2.05 bits per heavy atom. The largest absolute Gasteiger partial charge is 0.496 e. The van der Waals surface area contributed by atoms with Crippen molar-refractivity contribution in [3.05, 3.63) is 33.8 Å². The van der Waals surface area contributed by atoms with Crippen molar-refractivity contribution in [3.63, 3.8) is 0 Å². The van der Waals surface area contributed by atoms with Crippen molar-refractivity contribution in [3.8, 4) is 11.8 Å². The van der Waals surface area contributed by atoms with Crippen molar-refractivity contribution < 1.29 is 9.53 Å². The fourth-order valence-electron chi connectivity index (χ4n) is 1.49. The molecule has 4 heteroatoms. The number of benzene rings is 1. The molecule has 0 bridgehead atoms. The van der Waals surface area contributed by atoms with Crippen LogP contribution >= 0.6 is 15.9 Å². The molecule has 100 valence electrons. The molecule has 0 fully saturated rings. The van der Waals surface area contributed by atoms with E-state index in [-0.39, 0.29) is 11.4 Å². The van der Waals surface area contributed by atoms with Crippen LogP contribution in [-0.2, 0) is 4.79 Å². The smallest absolute Gasteiger partial charge is 0.178 e. The molecule has 3 nitrogen and oxygen atoms in total. The van der Waals surface area contributed by atoms with Gasteiger partial charge < -0.3 is 4.74 Å². The Morgan fingerprint density at radius 1 is 1.42 bits per heavy atom. The summed E-state index contributed by atoms with van der Waals surface area (Å²) in [5.41, 5.74) is 0.372. The molecule has 0 amide bonds. The summed E-state index contributed by atoms with van der Waals surface area (Å²) in [4.78, 5) is 12.1.